The van der Waals surface area contributed by atoms with Crippen molar-refractivity contribution in [3.05, 3.63) is 65.5 Å². The van der Waals surface area contributed by atoms with Crippen molar-refractivity contribution in [2.75, 3.05) is 11.4 Å². The van der Waals surface area contributed by atoms with Crippen LogP contribution >= 0.6 is 11.3 Å². The summed E-state index contributed by atoms with van der Waals surface area (Å²) in [6.07, 6.45) is 0.539. The Morgan fingerprint density at radius 2 is 1.76 bits per heavy atom. The fourth-order valence-electron chi connectivity index (χ4n) is 2.48. The maximum Gasteiger partial charge on any atom is 0.0640 e. The number of hydrogen-bond acceptors (Lipinski definition) is 3. The van der Waals surface area contributed by atoms with Gasteiger partial charge >= 0.3 is 0 Å². The first-order chi connectivity index (χ1) is 10.4. The van der Waals surface area contributed by atoms with E-state index in [4.69, 9.17) is 5.26 Å². The molecular weight excluding hydrogens is 276 g/mol. The normalized spacial score (nSPS) is 10.4. The van der Waals surface area contributed by atoms with Gasteiger partial charge in [-0.3, -0.25) is 0 Å². The second-order valence-corrected chi connectivity index (χ2v) is 5.83. The Balaban J connectivity index is 1.89. The summed E-state index contributed by atoms with van der Waals surface area (Å²) in [6.45, 7) is 1.60. The molecule has 0 amide bonds. The average molecular weight is 292 g/mol. The van der Waals surface area contributed by atoms with E-state index in [0.717, 1.165) is 13.1 Å². The summed E-state index contributed by atoms with van der Waals surface area (Å²) < 4.78 is 1.32. The van der Waals surface area contributed by atoms with E-state index in [1.807, 2.05) is 18.2 Å². The molecule has 0 bridgehead atoms. The SMILES string of the molecule is N#CCCN(Cc1csc2ccccc12)c1ccccc1. The van der Waals surface area contributed by atoms with Gasteiger partial charge in [-0.2, -0.15) is 5.26 Å². The van der Waals surface area contributed by atoms with Gasteiger partial charge in [-0.15, -0.1) is 11.3 Å². The number of nitriles is 1. The Bertz CT molecular complexity index is 755. The Kier molecular flexibility index (Phi) is 4.18. The Morgan fingerprint density at radius 1 is 1.00 bits per heavy atom. The molecule has 0 fully saturated rings. The van der Waals surface area contributed by atoms with Crippen molar-refractivity contribution in [3.63, 3.8) is 0 Å². The number of hydrogen-bond donors (Lipinski definition) is 0. The van der Waals surface area contributed by atoms with Crippen LogP contribution in [0.3, 0.4) is 0 Å². The zero-order chi connectivity index (χ0) is 14.5. The first-order valence-corrected chi connectivity index (χ1v) is 7.88. The largest absolute Gasteiger partial charge is 0.366 e. The summed E-state index contributed by atoms with van der Waals surface area (Å²) in [7, 11) is 0. The van der Waals surface area contributed by atoms with Gasteiger partial charge in [-0.25, -0.2) is 0 Å². The molecule has 0 saturated carbocycles. The van der Waals surface area contributed by atoms with Gasteiger partial charge < -0.3 is 4.90 Å². The molecule has 0 unspecified atom stereocenters. The minimum absolute atomic E-state index is 0.539. The predicted octanol–water partition coefficient (Wildman–Crippen LogP) is 4.82. The third kappa shape index (κ3) is 3.07. The number of anilines is 1. The molecule has 0 spiro atoms. The van der Waals surface area contributed by atoms with Crippen LogP contribution in [-0.2, 0) is 6.54 Å². The average Bonchev–Trinajstić information content (AvgIpc) is 2.95. The number of para-hydroxylation sites is 1. The highest BCUT2D eigenvalue weighted by molar-refractivity contribution is 7.17. The van der Waals surface area contributed by atoms with E-state index in [-0.39, 0.29) is 0 Å². The lowest BCUT2D eigenvalue weighted by atomic mass is 10.1. The van der Waals surface area contributed by atoms with E-state index >= 15 is 0 Å². The van der Waals surface area contributed by atoms with Crippen LogP contribution in [0.1, 0.15) is 12.0 Å². The molecule has 0 N–H and O–H groups in total. The molecule has 0 atom stereocenters. The smallest absolute Gasteiger partial charge is 0.0640 e. The molecule has 2 aromatic carbocycles. The zero-order valence-electron chi connectivity index (χ0n) is 11.7. The van der Waals surface area contributed by atoms with Gasteiger partial charge in [0, 0.05) is 23.5 Å². The lowest BCUT2D eigenvalue weighted by Crippen LogP contribution is -2.23. The molecule has 3 rings (SSSR count). The van der Waals surface area contributed by atoms with Gasteiger partial charge in [0.2, 0.25) is 0 Å². The molecule has 1 heterocycles. The van der Waals surface area contributed by atoms with Crippen LogP contribution < -0.4 is 4.90 Å². The highest BCUT2D eigenvalue weighted by atomic mass is 32.1. The molecule has 1 aromatic heterocycles. The summed E-state index contributed by atoms with van der Waals surface area (Å²) in [5.41, 5.74) is 2.50. The monoisotopic (exact) mass is 292 g/mol. The first kappa shape index (κ1) is 13.7. The molecule has 3 heteroatoms. The Hall–Kier alpha value is -2.31. The van der Waals surface area contributed by atoms with E-state index in [1.54, 1.807) is 11.3 Å². The Morgan fingerprint density at radius 3 is 2.57 bits per heavy atom. The summed E-state index contributed by atoms with van der Waals surface area (Å²) in [6, 6.07) is 21.1. The summed E-state index contributed by atoms with van der Waals surface area (Å²) >= 11 is 1.78. The summed E-state index contributed by atoms with van der Waals surface area (Å²) in [5, 5.41) is 12.4. The predicted molar refractivity (Wildman–Crippen MR) is 89.5 cm³/mol. The molecule has 2 nitrogen and oxygen atoms in total. The van der Waals surface area contributed by atoms with Crippen molar-refractivity contribution in [2.45, 2.75) is 13.0 Å². The first-order valence-electron chi connectivity index (χ1n) is 7.00. The third-order valence-corrected chi connectivity index (χ3v) is 4.55. The van der Waals surface area contributed by atoms with Gasteiger partial charge in [0.05, 0.1) is 12.5 Å². The van der Waals surface area contributed by atoms with Crippen molar-refractivity contribution in [1.29, 1.82) is 5.26 Å². The van der Waals surface area contributed by atoms with Gasteiger partial charge in [-0.05, 0) is 34.5 Å². The zero-order valence-corrected chi connectivity index (χ0v) is 12.5. The molecule has 0 saturated heterocycles. The molecule has 0 aliphatic rings. The molecule has 3 aromatic rings. The molecule has 21 heavy (non-hydrogen) atoms. The quantitative estimate of drug-likeness (QED) is 0.674. The lowest BCUT2D eigenvalue weighted by Gasteiger charge is -2.23. The number of rotatable bonds is 5. The molecule has 0 aliphatic heterocycles. The summed E-state index contributed by atoms with van der Waals surface area (Å²) in [4.78, 5) is 2.28. The number of nitrogens with zero attached hydrogens (tertiary/aromatic N) is 2. The van der Waals surface area contributed by atoms with E-state index < -0.39 is 0 Å². The second-order valence-electron chi connectivity index (χ2n) is 4.92. The highest BCUT2D eigenvalue weighted by Crippen LogP contribution is 2.28. The van der Waals surface area contributed by atoms with Crippen LogP contribution in [-0.4, -0.2) is 6.54 Å². The molecule has 0 radical (unpaired) electrons. The van der Waals surface area contributed by atoms with E-state index in [9.17, 15) is 0 Å². The van der Waals surface area contributed by atoms with E-state index in [1.165, 1.54) is 21.3 Å². The maximum atomic E-state index is 8.89. The van der Waals surface area contributed by atoms with Gasteiger partial charge in [0.15, 0.2) is 0 Å². The number of thiophene rings is 1. The highest BCUT2D eigenvalue weighted by Gasteiger charge is 2.10. The van der Waals surface area contributed by atoms with Crippen LogP contribution in [0.15, 0.2) is 60.0 Å². The molecule has 0 aliphatic carbocycles. The van der Waals surface area contributed by atoms with Crippen LogP contribution in [0.4, 0.5) is 5.69 Å². The lowest BCUT2D eigenvalue weighted by molar-refractivity contribution is 0.803. The van der Waals surface area contributed by atoms with Gasteiger partial charge in [-0.1, -0.05) is 36.4 Å². The minimum Gasteiger partial charge on any atom is -0.366 e. The number of fused-ring (bicyclic) bond motifs is 1. The topological polar surface area (TPSA) is 27.0 Å². The van der Waals surface area contributed by atoms with Gasteiger partial charge in [0.25, 0.3) is 0 Å². The fourth-order valence-corrected chi connectivity index (χ4v) is 3.44. The second kappa shape index (κ2) is 6.43. The van der Waals surface area contributed by atoms with Crippen LogP contribution in [0, 0.1) is 11.3 Å². The van der Waals surface area contributed by atoms with Crippen molar-refractivity contribution < 1.29 is 0 Å². The van der Waals surface area contributed by atoms with Crippen molar-refractivity contribution in [3.8, 4) is 6.07 Å². The standard InChI is InChI=1S/C18H16N2S/c19-11-6-12-20(16-7-2-1-3-8-16)13-15-14-21-18-10-5-4-9-17(15)18/h1-5,7-10,14H,6,12-13H2. The van der Waals surface area contributed by atoms with Crippen molar-refractivity contribution in [2.24, 2.45) is 0 Å². The van der Waals surface area contributed by atoms with Crippen molar-refractivity contribution in [1.82, 2.24) is 0 Å². The van der Waals surface area contributed by atoms with E-state index in [2.05, 4.69) is 52.7 Å². The fraction of sp³-hybridized carbons (Fsp3) is 0.167. The minimum atomic E-state index is 0.539. The third-order valence-electron chi connectivity index (χ3n) is 3.54. The van der Waals surface area contributed by atoms with Crippen LogP contribution in [0.5, 0.6) is 0 Å². The summed E-state index contributed by atoms with van der Waals surface area (Å²) in [5.74, 6) is 0. The van der Waals surface area contributed by atoms with Gasteiger partial charge in [0.1, 0.15) is 0 Å². The Labute approximate surface area is 128 Å². The molecule has 104 valence electrons. The van der Waals surface area contributed by atoms with E-state index in [0.29, 0.717) is 6.42 Å². The van der Waals surface area contributed by atoms with Crippen LogP contribution in [0.25, 0.3) is 10.1 Å². The maximum absolute atomic E-state index is 8.89. The number of benzene rings is 2. The van der Waals surface area contributed by atoms with Crippen LogP contribution in [0.2, 0.25) is 0 Å². The van der Waals surface area contributed by atoms with Crippen molar-refractivity contribution >= 4 is 27.1 Å². The molecular formula is C18H16N2S.